The second-order valence-corrected chi connectivity index (χ2v) is 3.20. The van der Waals surface area contributed by atoms with Gasteiger partial charge in [-0.1, -0.05) is 0 Å². The summed E-state index contributed by atoms with van der Waals surface area (Å²) in [6.07, 6.45) is 0.715. The van der Waals surface area contributed by atoms with Crippen molar-refractivity contribution in [1.82, 2.24) is 0 Å². The molecule has 0 aromatic heterocycles. The summed E-state index contributed by atoms with van der Waals surface area (Å²) in [6.45, 7) is 1.29. The van der Waals surface area contributed by atoms with Crippen LogP contribution in [-0.4, -0.2) is 24.5 Å². The van der Waals surface area contributed by atoms with E-state index >= 15 is 0 Å². The van der Waals surface area contributed by atoms with Gasteiger partial charge in [0.05, 0.1) is 6.26 Å². The van der Waals surface area contributed by atoms with E-state index in [9.17, 15) is 13.2 Å². The van der Waals surface area contributed by atoms with Crippen molar-refractivity contribution in [2.75, 3.05) is 6.26 Å². The van der Waals surface area contributed by atoms with Gasteiger partial charge in [0, 0.05) is 6.92 Å². The quantitative estimate of drug-likeness (QED) is 0.423. The molecule has 0 atom stereocenters. The standard InChI is InChI=1S/C2H3ClO.CH4O3S/c1-2(3)4;1-5(2,3)4/h1H3;1H3,(H,2,3,4). The van der Waals surface area contributed by atoms with Crippen molar-refractivity contribution in [2.24, 2.45) is 0 Å². The third-order valence-electron chi connectivity index (χ3n) is 0. The predicted molar refractivity (Wildman–Crippen MR) is 34.0 cm³/mol. The Balaban J connectivity index is 0. The molecule has 0 saturated carbocycles. The molecule has 56 valence electrons. The molecule has 0 fully saturated rings. The summed E-state index contributed by atoms with van der Waals surface area (Å²) in [7, 11) is -3.67. The van der Waals surface area contributed by atoms with Crippen molar-refractivity contribution in [3.63, 3.8) is 0 Å². The summed E-state index contributed by atoms with van der Waals surface area (Å²) >= 11 is 4.64. The molecule has 0 rings (SSSR count). The van der Waals surface area contributed by atoms with Crippen LogP contribution < -0.4 is 0 Å². The van der Waals surface area contributed by atoms with Gasteiger partial charge in [0.2, 0.25) is 5.24 Å². The Morgan fingerprint density at radius 2 is 1.56 bits per heavy atom. The zero-order valence-corrected chi connectivity index (χ0v) is 6.53. The molecule has 6 heteroatoms. The fraction of sp³-hybridized carbons (Fsp3) is 0.667. The maximum atomic E-state index is 9.21. The van der Waals surface area contributed by atoms with Crippen LogP contribution in [0.25, 0.3) is 0 Å². The molecule has 0 heterocycles. The average molecular weight is 175 g/mol. The van der Waals surface area contributed by atoms with E-state index in [-0.39, 0.29) is 5.24 Å². The van der Waals surface area contributed by atoms with Crippen molar-refractivity contribution in [3.05, 3.63) is 0 Å². The zero-order chi connectivity index (χ0) is 8.08. The Morgan fingerprint density at radius 1 is 1.56 bits per heavy atom. The molecule has 0 aliphatic carbocycles. The third-order valence-corrected chi connectivity index (χ3v) is 0. The van der Waals surface area contributed by atoms with Crippen LogP contribution in [0.2, 0.25) is 0 Å². The Bertz CT molecular complexity index is 158. The van der Waals surface area contributed by atoms with Crippen molar-refractivity contribution in [1.29, 1.82) is 0 Å². The lowest BCUT2D eigenvalue weighted by molar-refractivity contribution is -0.109. The fourth-order valence-corrected chi connectivity index (χ4v) is 0. The summed E-state index contributed by atoms with van der Waals surface area (Å²) in [5.74, 6) is 0. The minimum Gasteiger partial charge on any atom is -0.286 e. The van der Waals surface area contributed by atoms with Crippen LogP contribution in [0.15, 0.2) is 0 Å². The zero-order valence-electron chi connectivity index (χ0n) is 4.96. The number of hydrogen-bond donors (Lipinski definition) is 1. The average Bonchev–Trinajstić information content (AvgIpc) is 1.19. The van der Waals surface area contributed by atoms with Gasteiger partial charge in [-0.25, -0.2) is 0 Å². The Hall–Kier alpha value is -0.130. The van der Waals surface area contributed by atoms with Crippen LogP contribution in [0.3, 0.4) is 0 Å². The van der Waals surface area contributed by atoms with Gasteiger partial charge in [0.15, 0.2) is 0 Å². The van der Waals surface area contributed by atoms with Crippen molar-refractivity contribution < 1.29 is 17.8 Å². The lowest BCUT2D eigenvalue weighted by Gasteiger charge is -1.69. The molecule has 0 unspecified atom stereocenters. The molecule has 0 saturated heterocycles. The summed E-state index contributed by atoms with van der Waals surface area (Å²) in [4.78, 5) is 9.21. The van der Waals surface area contributed by atoms with E-state index in [1.165, 1.54) is 6.92 Å². The largest absolute Gasteiger partial charge is 0.286 e. The molecule has 9 heavy (non-hydrogen) atoms. The fourth-order valence-electron chi connectivity index (χ4n) is 0. The Labute approximate surface area is 58.6 Å². The van der Waals surface area contributed by atoms with Crippen LogP contribution in [0.4, 0.5) is 0 Å². The predicted octanol–water partition coefficient (Wildman–Crippen LogP) is 0.276. The van der Waals surface area contributed by atoms with E-state index in [4.69, 9.17) is 4.55 Å². The summed E-state index contributed by atoms with van der Waals surface area (Å²) in [5, 5.41) is -0.361. The normalized spacial score (nSPS) is 9.33. The first-order chi connectivity index (χ1) is 3.73. The molecule has 0 aromatic rings. The SMILES string of the molecule is CC(=O)Cl.CS(=O)(=O)O. The smallest absolute Gasteiger partial charge is 0.261 e. The topological polar surface area (TPSA) is 71.4 Å². The first-order valence-electron chi connectivity index (χ1n) is 1.82. The van der Waals surface area contributed by atoms with Crippen molar-refractivity contribution in [2.45, 2.75) is 6.92 Å². The molecular weight excluding hydrogens is 168 g/mol. The Kier molecular flexibility index (Phi) is 6.11. The minimum absolute atomic E-state index is 0.361. The molecule has 0 aliphatic rings. The van der Waals surface area contributed by atoms with Crippen molar-refractivity contribution in [3.8, 4) is 0 Å². The van der Waals surface area contributed by atoms with Crippen LogP contribution in [0, 0.1) is 0 Å². The van der Waals surface area contributed by atoms with Crippen LogP contribution in [0.5, 0.6) is 0 Å². The molecular formula is C3H7ClO4S. The molecule has 0 spiro atoms. The van der Waals surface area contributed by atoms with Crippen LogP contribution in [-0.2, 0) is 14.9 Å². The number of carbonyl (C=O) groups excluding carboxylic acids is 1. The Morgan fingerprint density at radius 3 is 1.56 bits per heavy atom. The molecule has 0 radical (unpaired) electrons. The summed E-state index contributed by atoms with van der Waals surface area (Å²) in [5.41, 5.74) is 0. The van der Waals surface area contributed by atoms with E-state index in [1.807, 2.05) is 0 Å². The maximum absolute atomic E-state index is 9.21. The highest BCUT2D eigenvalue weighted by Crippen LogP contribution is 1.67. The van der Waals surface area contributed by atoms with Gasteiger partial charge in [0.25, 0.3) is 10.1 Å². The number of halogens is 1. The highest BCUT2D eigenvalue weighted by molar-refractivity contribution is 7.85. The van der Waals surface area contributed by atoms with Crippen LogP contribution >= 0.6 is 11.6 Å². The maximum Gasteiger partial charge on any atom is 0.261 e. The van der Waals surface area contributed by atoms with E-state index in [2.05, 4.69) is 11.6 Å². The van der Waals surface area contributed by atoms with Gasteiger partial charge in [-0.2, -0.15) is 8.42 Å². The molecule has 4 nitrogen and oxygen atoms in total. The van der Waals surface area contributed by atoms with Gasteiger partial charge in [0.1, 0.15) is 0 Å². The van der Waals surface area contributed by atoms with E-state index in [0.29, 0.717) is 6.26 Å². The molecule has 1 N–H and O–H groups in total. The summed E-state index contributed by atoms with van der Waals surface area (Å²) < 4.78 is 25.9. The first kappa shape index (κ1) is 11.6. The van der Waals surface area contributed by atoms with Gasteiger partial charge in [-0.15, -0.1) is 0 Å². The second-order valence-electron chi connectivity index (χ2n) is 1.20. The van der Waals surface area contributed by atoms with E-state index < -0.39 is 10.1 Å². The second kappa shape index (κ2) is 4.72. The van der Waals surface area contributed by atoms with Crippen LogP contribution in [0.1, 0.15) is 6.92 Å². The highest BCUT2D eigenvalue weighted by Gasteiger charge is 1.81. The highest BCUT2D eigenvalue weighted by atomic mass is 35.5. The molecule has 0 aromatic carbocycles. The van der Waals surface area contributed by atoms with Gasteiger partial charge >= 0.3 is 0 Å². The molecule has 0 aliphatic heterocycles. The summed E-state index contributed by atoms with van der Waals surface area (Å²) in [6, 6.07) is 0. The van der Waals surface area contributed by atoms with Gasteiger partial charge < -0.3 is 0 Å². The first-order valence-corrected chi connectivity index (χ1v) is 4.04. The lowest BCUT2D eigenvalue weighted by Crippen LogP contribution is -1.88. The van der Waals surface area contributed by atoms with E-state index in [0.717, 1.165) is 0 Å². The van der Waals surface area contributed by atoms with Gasteiger partial charge in [-0.05, 0) is 11.6 Å². The number of carbonyl (C=O) groups is 1. The monoisotopic (exact) mass is 174 g/mol. The molecule has 0 bridgehead atoms. The lowest BCUT2D eigenvalue weighted by atomic mass is 10.9. The van der Waals surface area contributed by atoms with E-state index in [1.54, 1.807) is 0 Å². The molecule has 0 amide bonds. The third kappa shape index (κ3) is 16000. The van der Waals surface area contributed by atoms with Gasteiger partial charge in [-0.3, -0.25) is 9.35 Å². The minimum atomic E-state index is -3.67. The van der Waals surface area contributed by atoms with Crippen molar-refractivity contribution >= 4 is 27.0 Å². The number of rotatable bonds is 0. The number of hydrogen-bond acceptors (Lipinski definition) is 3.